The van der Waals surface area contributed by atoms with E-state index >= 15 is 0 Å². The first-order valence-corrected chi connectivity index (χ1v) is 23.8. The van der Waals surface area contributed by atoms with Crippen LogP contribution in [0.3, 0.4) is 0 Å². The van der Waals surface area contributed by atoms with Gasteiger partial charge in [0.05, 0.1) is 24.0 Å². The molecule has 1 heterocycles. The molecule has 1 aliphatic heterocycles. The summed E-state index contributed by atoms with van der Waals surface area (Å²) in [6.07, 6.45) is 4.40. The Morgan fingerprint density at radius 1 is 0.764 bits per heavy atom. The Balaban J connectivity index is 2.15. The van der Waals surface area contributed by atoms with E-state index in [0.29, 0.717) is 17.6 Å². The number of rotatable bonds is 13. The Kier molecular flexibility index (Phi) is 22.8. The van der Waals surface area contributed by atoms with Crippen molar-refractivity contribution in [3.8, 4) is 5.75 Å². The molecule has 9 N–H and O–H groups in total. The summed E-state index contributed by atoms with van der Waals surface area (Å²) in [4.78, 5) is 123. The summed E-state index contributed by atoms with van der Waals surface area (Å²) in [5, 5.41) is 45.6. The van der Waals surface area contributed by atoms with Crippen LogP contribution in [0.15, 0.2) is 90.7 Å². The van der Waals surface area contributed by atoms with Crippen LogP contribution in [0.25, 0.3) is 0 Å². The van der Waals surface area contributed by atoms with Crippen molar-refractivity contribution in [1.82, 2.24) is 36.8 Å². The van der Waals surface area contributed by atoms with Crippen LogP contribution < -0.4 is 31.9 Å². The molecule has 1 fully saturated rings. The molecule has 72 heavy (non-hydrogen) atoms. The van der Waals surface area contributed by atoms with Gasteiger partial charge < -0.3 is 56.9 Å². The lowest BCUT2D eigenvalue weighted by molar-refractivity contribution is -0.146. The van der Waals surface area contributed by atoms with E-state index in [1.54, 1.807) is 34.0 Å². The minimum Gasteiger partial charge on any atom is -0.508 e. The maximum atomic E-state index is 14.5. The second-order valence-corrected chi connectivity index (χ2v) is 18.7. The monoisotopic (exact) mass is 1000 g/mol. The molecule has 0 spiro atoms. The highest BCUT2D eigenvalue weighted by atomic mass is 16.5. The first-order valence-electron chi connectivity index (χ1n) is 23.8. The zero-order valence-electron chi connectivity index (χ0n) is 42.4. The Bertz CT molecular complexity index is 2340. The van der Waals surface area contributed by atoms with Gasteiger partial charge in [-0.05, 0) is 62.3 Å². The third kappa shape index (κ3) is 18.1. The topological polar surface area (TPSA) is 299 Å². The van der Waals surface area contributed by atoms with Gasteiger partial charge in [-0.3, -0.25) is 33.6 Å². The van der Waals surface area contributed by atoms with E-state index in [2.05, 4.69) is 38.5 Å². The van der Waals surface area contributed by atoms with Gasteiger partial charge in [-0.25, -0.2) is 9.59 Å². The highest BCUT2D eigenvalue weighted by Crippen LogP contribution is 2.19. The first-order chi connectivity index (χ1) is 33.8. The predicted molar refractivity (Wildman–Crippen MR) is 266 cm³/mol. The molecule has 3 rings (SSSR count). The summed E-state index contributed by atoms with van der Waals surface area (Å²) in [5.41, 5.74) is 1.81. The number of carboxylic acids is 2. The third-order valence-electron chi connectivity index (χ3n) is 12.4. The number of benzene rings is 2. The number of hydrogen-bond acceptors (Lipinski definition) is 11. The van der Waals surface area contributed by atoms with Gasteiger partial charge in [0.25, 0.3) is 5.91 Å². The minimum atomic E-state index is -1.89. The Hall–Kier alpha value is -7.35. The molecule has 20 nitrogen and oxygen atoms in total. The van der Waals surface area contributed by atoms with Gasteiger partial charge in [0.1, 0.15) is 41.7 Å². The molecule has 10 atom stereocenters. The summed E-state index contributed by atoms with van der Waals surface area (Å²) in [6.45, 7) is 14.9. The molecular formula is C52H71N7O13. The van der Waals surface area contributed by atoms with Crippen molar-refractivity contribution in [2.75, 3.05) is 14.2 Å². The molecule has 392 valence electrons. The van der Waals surface area contributed by atoms with Crippen LogP contribution in [0.1, 0.15) is 78.9 Å². The number of phenolic OH excluding ortho intramolecular Hbond substituents is 1. The van der Waals surface area contributed by atoms with Crippen molar-refractivity contribution >= 4 is 53.3 Å². The number of nitrogens with zero attached hydrogens (tertiary/aromatic N) is 1. The number of nitrogens with one attached hydrogen (secondary N) is 6. The first kappa shape index (κ1) is 59.0. The van der Waals surface area contributed by atoms with Gasteiger partial charge in [0.15, 0.2) is 0 Å². The lowest BCUT2D eigenvalue weighted by Crippen LogP contribution is -2.59. The number of hydrogen-bond donors (Lipinski definition) is 9. The smallest absolute Gasteiger partial charge is 0.327 e. The molecule has 0 radical (unpaired) electrons. The molecule has 2 aromatic carbocycles. The molecule has 7 amide bonds. The summed E-state index contributed by atoms with van der Waals surface area (Å²) < 4.78 is 5.82. The van der Waals surface area contributed by atoms with Crippen LogP contribution in [0.4, 0.5) is 0 Å². The number of likely N-dealkylation sites (N-methyl/N-ethyl adjacent to an activating group) is 1. The largest absolute Gasteiger partial charge is 0.508 e. The van der Waals surface area contributed by atoms with E-state index < -0.39 is 120 Å². The van der Waals surface area contributed by atoms with Crippen LogP contribution in [-0.4, -0.2) is 130 Å². The van der Waals surface area contributed by atoms with Gasteiger partial charge in [0, 0.05) is 32.9 Å². The van der Waals surface area contributed by atoms with E-state index in [1.165, 1.54) is 58.2 Å². The standard InChI is InChI=1S/C52H71N7O13/c1-28(2)24-40-50(67)58-44(52(70)71)32(6)46(63)56-41(26-36-17-19-37(60)20-18-36)49(66)54-38(21-16-29(3)25-30(4)42(72-10)27-35-14-12-11-13-15-35)31(5)45(62)55-39(51(68)69)22-23-43(61)59(9)34(8)48(65)53-33(7)47(64)57-40/h11-21,25,28,30-33,38-42,44,60H,8,22-24,26-27H2,1-7,9-10H3,(H,53,65)(H,54,66)(H,55,62)(H,56,63)(H,57,64)(H,58,67)(H,68,69)(H,70,71)/b21-16+,29-25+/t30-,31?,32-,33+,38?,39+,40-,41-,42-,44+/m0/s1. The summed E-state index contributed by atoms with van der Waals surface area (Å²) >= 11 is 0. The minimum absolute atomic E-state index is 0.00296. The number of carbonyl (C=O) groups is 9. The summed E-state index contributed by atoms with van der Waals surface area (Å²) in [5.74, 6) is -12.5. The zero-order chi connectivity index (χ0) is 54.0. The normalized spacial score (nSPS) is 25.2. The van der Waals surface area contributed by atoms with Crippen molar-refractivity contribution < 1.29 is 63.2 Å². The Morgan fingerprint density at radius 2 is 1.36 bits per heavy atom. The van der Waals surface area contributed by atoms with E-state index in [9.17, 15) is 58.5 Å². The summed E-state index contributed by atoms with van der Waals surface area (Å²) in [6, 6.07) is 6.61. The summed E-state index contributed by atoms with van der Waals surface area (Å²) in [7, 11) is 2.82. The van der Waals surface area contributed by atoms with Gasteiger partial charge in [-0.2, -0.15) is 0 Å². The van der Waals surface area contributed by atoms with E-state index in [0.717, 1.165) is 10.5 Å². The van der Waals surface area contributed by atoms with Gasteiger partial charge in [-0.1, -0.05) is 107 Å². The fourth-order valence-corrected chi connectivity index (χ4v) is 7.76. The van der Waals surface area contributed by atoms with Crippen LogP contribution in [0, 0.1) is 23.7 Å². The van der Waals surface area contributed by atoms with Gasteiger partial charge >= 0.3 is 11.9 Å². The molecule has 0 bridgehead atoms. The molecule has 0 saturated carbocycles. The molecule has 0 aliphatic carbocycles. The van der Waals surface area contributed by atoms with Crippen LogP contribution >= 0.6 is 0 Å². The van der Waals surface area contributed by atoms with E-state index in [1.807, 2.05) is 43.3 Å². The van der Waals surface area contributed by atoms with Crippen molar-refractivity contribution in [2.45, 2.75) is 123 Å². The number of aromatic hydroxyl groups is 1. The van der Waals surface area contributed by atoms with Crippen molar-refractivity contribution in [3.05, 3.63) is 102 Å². The quantitative estimate of drug-likeness (QED) is 0.103. The number of ether oxygens (including phenoxy) is 1. The van der Waals surface area contributed by atoms with Crippen molar-refractivity contribution in [3.63, 3.8) is 0 Å². The Labute approximate surface area is 420 Å². The SMILES string of the molecule is C=C1C(=O)N[C@H](C)C(=O)N[C@@H](CC(C)C)C(=O)N[C@@H](C(=O)O)[C@H](C)C(=O)N[C@@H](Cc2ccc(O)cc2)C(=O)NC(/C=C/C(C)=C/[C@H](C)[C@H](Cc2ccccc2)OC)C(C)C(=O)N[C@@H](C(=O)O)CCC(=O)N1C. The molecule has 1 saturated heterocycles. The fraction of sp³-hybridized carbons (Fsp3) is 0.481. The zero-order valence-corrected chi connectivity index (χ0v) is 42.4. The van der Waals surface area contributed by atoms with Crippen LogP contribution in [0.2, 0.25) is 0 Å². The second kappa shape index (κ2) is 27.9. The number of carboxylic acid groups (broad SMARTS) is 2. The predicted octanol–water partition coefficient (Wildman–Crippen LogP) is 2.51. The molecule has 1 aliphatic rings. The molecular weight excluding hydrogens is 931 g/mol. The number of amides is 7. The van der Waals surface area contributed by atoms with Crippen molar-refractivity contribution in [1.29, 1.82) is 0 Å². The van der Waals surface area contributed by atoms with E-state index in [-0.39, 0.29) is 36.5 Å². The van der Waals surface area contributed by atoms with Crippen LogP contribution in [-0.2, 0) is 60.7 Å². The van der Waals surface area contributed by atoms with E-state index in [4.69, 9.17) is 4.74 Å². The molecule has 20 heteroatoms. The molecule has 0 aromatic heterocycles. The number of allylic oxidation sites excluding steroid dienone is 2. The van der Waals surface area contributed by atoms with Gasteiger partial charge in [-0.15, -0.1) is 0 Å². The second-order valence-electron chi connectivity index (χ2n) is 18.7. The number of aliphatic carboxylic acids is 2. The maximum Gasteiger partial charge on any atom is 0.327 e. The number of methoxy groups -OCH3 is 1. The lowest BCUT2D eigenvalue weighted by atomic mass is 9.94. The lowest BCUT2D eigenvalue weighted by Gasteiger charge is -2.29. The fourth-order valence-electron chi connectivity index (χ4n) is 7.76. The molecule has 2 unspecified atom stereocenters. The Morgan fingerprint density at radius 3 is 1.94 bits per heavy atom. The van der Waals surface area contributed by atoms with Gasteiger partial charge in [0.2, 0.25) is 35.4 Å². The van der Waals surface area contributed by atoms with Crippen LogP contribution in [0.5, 0.6) is 5.75 Å². The highest BCUT2D eigenvalue weighted by Gasteiger charge is 2.37. The average molecular weight is 1000 g/mol. The number of carbonyl (C=O) groups excluding carboxylic acids is 7. The molecule has 2 aromatic rings. The third-order valence-corrected chi connectivity index (χ3v) is 12.4. The number of phenols is 1. The van der Waals surface area contributed by atoms with Crippen molar-refractivity contribution in [2.24, 2.45) is 23.7 Å². The maximum absolute atomic E-state index is 14.5. The highest BCUT2D eigenvalue weighted by molar-refractivity contribution is 6.00. The average Bonchev–Trinajstić information content (AvgIpc) is 3.33.